The van der Waals surface area contributed by atoms with Crippen LogP contribution in [-0.4, -0.2) is 10.8 Å². The van der Waals surface area contributed by atoms with Gasteiger partial charge >= 0.3 is 0 Å². The van der Waals surface area contributed by atoms with Crippen LogP contribution in [0.5, 0.6) is 0 Å². The number of H-pyrrole nitrogens is 1. The maximum atomic E-state index is 12.6. The minimum absolute atomic E-state index is 0.248. The van der Waals surface area contributed by atoms with Crippen LogP contribution >= 0.6 is 0 Å². The van der Waals surface area contributed by atoms with Gasteiger partial charge in [-0.1, -0.05) is 31.4 Å². The summed E-state index contributed by atoms with van der Waals surface area (Å²) in [6.07, 6.45) is 7.73. The van der Waals surface area contributed by atoms with Crippen molar-refractivity contribution >= 4 is 16.7 Å². The zero-order valence-corrected chi connectivity index (χ0v) is 10.8. The number of benzene rings is 1. The Morgan fingerprint density at radius 2 is 2.00 bits per heavy atom. The molecule has 2 nitrogen and oxygen atoms in total. The molecule has 0 saturated heterocycles. The average Bonchev–Trinajstić information content (AvgIpc) is 2.84. The van der Waals surface area contributed by atoms with E-state index >= 15 is 0 Å². The first-order chi connectivity index (χ1) is 8.77. The third-order valence-electron chi connectivity index (χ3n) is 4.16. The van der Waals surface area contributed by atoms with E-state index in [4.69, 9.17) is 0 Å². The van der Waals surface area contributed by atoms with Crippen LogP contribution in [0.15, 0.2) is 24.4 Å². The quantitative estimate of drug-likeness (QED) is 0.784. The zero-order chi connectivity index (χ0) is 12.5. The maximum Gasteiger partial charge on any atom is 0.168 e. The second-order valence-electron chi connectivity index (χ2n) is 5.40. The van der Waals surface area contributed by atoms with Gasteiger partial charge in [-0.05, 0) is 31.4 Å². The number of carbonyl (C=O) groups is 1. The molecule has 1 N–H and O–H groups in total. The molecule has 18 heavy (non-hydrogen) atoms. The SMILES string of the molecule is Cc1cccc2[nH]cc(C(=O)C3CCCCC3)c12. The van der Waals surface area contributed by atoms with Crippen molar-refractivity contribution in [3.63, 3.8) is 0 Å². The van der Waals surface area contributed by atoms with Crippen LogP contribution in [0.4, 0.5) is 0 Å². The van der Waals surface area contributed by atoms with Crippen LogP contribution in [0.2, 0.25) is 0 Å². The van der Waals surface area contributed by atoms with Gasteiger partial charge in [0.15, 0.2) is 5.78 Å². The fourth-order valence-corrected chi connectivity index (χ4v) is 3.15. The fourth-order valence-electron chi connectivity index (χ4n) is 3.15. The van der Waals surface area contributed by atoms with E-state index in [2.05, 4.69) is 18.0 Å². The molecule has 2 aromatic rings. The topological polar surface area (TPSA) is 32.9 Å². The zero-order valence-electron chi connectivity index (χ0n) is 10.8. The van der Waals surface area contributed by atoms with Gasteiger partial charge in [0.1, 0.15) is 0 Å². The number of nitrogens with one attached hydrogen (secondary N) is 1. The Morgan fingerprint density at radius 3 is 2.78 bits per heavy atom. The van der Waals surface area contributed by atoms with E-state index in [9.17, 15) is 4.79 Å². The van der Waals surface area contributed by atoms with Crippen LogP contribution in [-0.2, 0) is 0 Å². The molecule has 1 heterocycles. The second-order valence-corrected chi connectivity index (χ2v) is 5.40. The van der Waals surface area contributed by atoms with Gasteiger partial charge in [-0.15, -0.1) is 0 Å². The summed E-state index contributed by atoms with van der Waals surface area (Å²) in [4.78, 5) is 15.8. The molecule has 2 heteroatoms. The molecule has 94 valence electrons. The third kappa shape index (κ3) is 1.86. The van der Waals surface area contributed by atoms with Crippen molar-refractivity contribution in [3.05, 3.63) is 35.5 Å². The minimum atomic E-state index is 0.248. The van der Waals surface area contributed by atoms with Crippen molar-refractivity contribution in [1.82, 2.24) is 4.98 Å². The standard InChI is InChI=1S/C16H19NO/c1-11-6-5-9-14-15(11)13(10-17-14)16(18)12-7-3-2-4-8-12/h5-6,9-10,12,17H,2-4,7-8H2,1H3. The van der Waals surface area contributed by atoms with Crippen LogP contribution in [0.25, 0.3) is 10.9 Å². The number of aryl methyl sites for hydroxylation is 1. The predicted octanol–water partition coefficient (Wildman–Crippen LogP) is 4.24. The molecule has 1 aromatic carbocycles. The van der Waals surface area contributed by atoms with Gasteiger partial charge in [-0.3, -0.25) is 4.79 Å². The Balaban J connectivity index is 2.01. The first kappa shape index (κ1) is 11.5. The number of rotatable bonds is 2. The normalized spacial score (nSPS) is 17.2. The summed E-state index contributed by atoms with van der Waals surface area (Å²) in [5.74, 6) is 0.590. The predicted molar refractivity (Wildman–Crippen MR) is 73.9 cm³/mol. The lowest BCUT2D eigenvalue weighted by atomic mass is 9.83. The molecule has 0 radical (unpaired) electrons. The van der Waals surface area contributed by atoms with Gasteiger partial charge in [-0.2, -0.15) is 0 Å². The summed E-state index contributed by atoms with van der Waals surface area (Å²) >= 11 is 0. The van der Waals surface area contributed by atoms with E-state index in [-0.39, 0.29) is 5.92 Å². The highest BCUT2D eigenvalue weighted by molar-refractivity contribution is 6.09. The van der Waals surface area contributed by atoms with Crippen molar-refractivity contribution in [1.29, 1.82) is 0 Å². The van der Waals surface area contributed by atoms with Gasteiger partial charge in [-0.25, -0.2) is 0 Å². The lowest BCUT2D eigenvalue weighted by molar-refractivity contribution is 0.0891. The van der Waals surface area contributed by atoms with Crippen molar-refractivity contribution in [2.24, 2.45) is 5.92 Å². The Labute approximate surface area is 107 Å². The molecular weight excluding hydrogens is 222 g/mol. The Hall–Kier alpha value is -1.57. The molecular formula is C16H19NO. The van der Waals surface area contributed by atoms with E-state index in [0.717, 1.165) is 29.3 Å². The molecule has 1 saturated carbocycles. The van der Waals surface area contributed by atoms with Gasteiger partial charge in [0, 0.05) is 28.6 Å². The molecule has 1 aliphatic carbocycles. The number of fused-ring (bicyclic) bond motifs is 1. The number of carbonyl (C=O) groups excluding carboxylic acids is 1. The van der Waals surface area contributed by atoms with E-state index in [1.54, 1.807) is 0 Å². The Bertz CT molecular complexity index is 576. The van der Waals surface area contributed by atoms with Crippen LogP contribution in [0.3, 0.4) is 0 Å². The second kappa shape index (κ2) is 4.60. The van der Waals surface area contributed by atoms with Crippen molar-refractivity contribution < 1.29 is 4.79 Å². The number of Topliss-reactive ketones (excluding diaryl/α,β-unsaturated/α-hetero) is 1. The molecule has 0 unspecified atom stereocenters. The van der Waals surface area contributed by atoms with Gasteiger partial charge in [0.25, 0.3) is 0 Å². The number of hydrogen-bond donors (Lipinski definition) is 1. The largest absolute Gasteiger partial charge is 0.360 e. The van der Waals surface area contributed by atoms with E-state index < -0.39 is 0 Å². The molecule has 1 aromatic heterocycles. The number of aromatic amines is 1. The summed E-state index contributed by atoms with van der Waals surface area (Å²) in [5, 5.41) is 1.12. The van der Waals surface area contributed by atoms with Crippen molar-refractivity contribution in [2.75, 3.05) is 0 Å². The highest BCUT2D eigenvalue weighted by Crippen LogP contribution is 2.30. The highest BCUT2D eigenvalue weighted by atomic mass is 16.1. The van der Waals surface area contributed by atoms with E-state index in [1.165, 1.54) is 24.8 Å². The first-order valence-electron chi connectivity index (χ1n) is 6.88. The number of hydrogen-bond acceptors (Lipinski definition) is 1. The monoisotopic (exact) mass is 241 g/mol. The van der Waals surface area contributed by atoms with Gasteiger partial charge < -0.3 is 4.98 Å². The molecule has 3 rings (SSSR count). The van der Waals surface area contributed by atoms with Crippen LogP contribution < -0.4 is 0 Å². The number of aromatic nitrogens is 1. The average molecular weight is 241 g/mol. The maximum absolute atomic E-state index is 12.6. The van der Waals surface area contributed by atoms with Crippen LogP contribution in [0, 0.1) is 12.8 Å². The summed E-state index contributed by atoms with van der Waals surface area (Å²) in [6, 6.07) is 6.15. The van der Waals surface area contributed by atoms with E-state index in [0.29, 0.717) is 5.78 Å². The van der Waals surface area contributed by atoms with Crippen LogP contribution in [0.1, 0.15) is 48.0 Å². The highest BCUT2D eigenvalue weighted by Gasteiger charge is 2.24. The minimum Gasteiger partial charge on any atom is -0.360 e. The molecule has 0 bridgehead atoms. The molecule has 0 atom stereocenters. The molecule has 0 aliphatic heterocycles. The third-order valence-corrected chi connectivity index (χ3v) is 4.16. The Kier molecular flexibility index (Phi) is 2.94. The number of ketones is 1. The Morgan fingerprint density at radius 1 is 1.22 bits per heavy atom. The lowest BCUT2D eigenvalue weighted by Gasteiger charge is -2.20. The van der Waals surface area contributed by atoms with Gasteiger partial charge in [0.05, 0.1) is 0 Å². The summed E-state index contributed by atoms with van der Waals surface area (Å²) in [5.41, 5.74) is 3.16. The molecule has 1 fully saturated rings. The van der Waals surface area contributed by atoms with Crippen molar-refractivity contribution in [2.45, 2.75) is 39.0 Å². The summed E-state index contributed by atoms with van der Waals surface area (Å²) < 4.78 is 0. The molecule has 0 amide bonds. The first-order valence-corrected chi connectivity index (χ1v) is 6.88. The van der Waals surface area contributed by atoms with E-state index in [1.807, 2.05) is 18.3 Å². The summed E-state index contributed by atoms with van der Waals surface area (Å²) in [7, 11) is 0. The fraction of sp³-hybridized carbons (Fsp3) is 0.438. The molecule has 0 spiro atoms. The lowest BCUT2D eigenvalue weighted by Crippen LogP contribution is -2.17. The molecule has 1 aliphatic rings. The van der Waals surface area contributed by atoms with Gasteiger partial charge in [0.2, 0.25) is 0 Å². The smallest absolute Gasteiger partial charge is 0.168 e. The summed E-state index contributed by atoms with van der Waals surface area (Å²) in [6.45, 7) is 2.08. The van der Waals surface area contributed by atoms with Crippen molar-refractivity contribution in [3.8, 4) is 0 Å².